The smallest absolute Gasteiger partial charge is 0.338 e. The molecule has 1 atom stereocenters. The summed E-state index contributed by atoms with van der Waals surface area (Å²) in [5, 5.41) is 13.7. The Morgan fingerprint density at radius 1 is 1.33 bits per heavy atom. The lowest BCUT2D eigenvalue weighted by Gasteiger charge is -2.35. The molecular weight excluding hydrogens is 350 g/mol. The van der Waals surface area contributed by atoms with Crippen molar-refractivity contribution in [2.75, 3.05) is 6.54 Å². The first kappa shape index (κ1) is 20.4. The van der Waals surface area contributed by atoms with Gasteiger partial charge in [0, 0.05) is 24.4 Å². The minimum atomic E-state index is -0.720. The molecule has 2 rings (SSSR count). The Morgan fingerprint density at radius 3 is 2.48 bits per heavy atom. The number of nitro groups is 1. The number of benzene rings is 1. The first-order chi connectivity index (χ1) is 12.8. The topological polar surface area (TPSA) is 102 Å². The number of rotatable bonds is 7. The highest BCUT2D eigenvalue weighted by Crippen LogP contribution is 2.32. The number of amides is 2. The van der Waals surface area contributed by atoms with E-state index in [2.05, 4.69) is 5.32 Å². The third-order valence-electron chi connectivity index (χ3n) is 4.33. The number of carbonyl (C=O) groups is 2. The van der Waals surface area contributed by atoms with Crippen LogP contribution in [-0.2, 0) is 9.53 Å². The van der Waals surface area contributed by atoms with Crippen LogP contribution in [0.15, 0.2) is 35.5 Å². The van der Waals surface area contributed by atoms with Gasteiger partial charge in [-0.25, -0.2) is 9.59 Å². The molecule has 8 nitrogen and oxygen atoms in total. The first-order valence-corrected chi connectivity index (χ1v) is 9.00. The summed E-state index contributed by atoms with van der Waals surface area (Å²) in [5.74, 6) is -0.507. The zero-order valence-electron chi connectivity index (χ0n) is 16.0. The number of hydrogen-bond donors (Lipinski definition) is 1. The van der Waals surface area contributed by atoms with Gasteiger partial charge in [-0.2, -0.15) is 0 Å². The molecule has 8 heteroatoms. The molecule has 1 aliphatic rings. The van der Waals surface area contributed by atoms with Crippen molar-refractivity contribution < 1.29 is 19.2 Å². The van der Waals surface area contributed by atoms with Crippen LogP contribution in [0, 0.1) is 10.1 Å². The monoisotopic (exact) mass is 375 g/mol. The molecule has 0 spiro atoms. The third-order valence-corrected chi connectivity index (χ3v) is 4.33. The van der Waals surface area contributed by atoms with Gasteiger partial charge in [0.05, 0.1) is 22.6 Å². The molecule has 0 aromatic heterocycles. The highest BCUT2D eigenvalue weighted by Gasteiger charge is 2.36. The second-order valence-corrected chi connectivity index (χ2v) is 6.69. The van der Waals surface area contributed by atoms with Crippen molar-refractivity contribution in [3.63, 3.8) is 0 Å². The standard InChI is InChI=1S/C19H25N3O5/c1-5-6-11-21-13(4)16(18(23)27-12(2)3)17(20-19(21)24)14-7-9-15(10-8-14)22(25)26/h7-10,12,17H,5-6,11H2,1-4H3,(H,20,24)/t17-/m1/s1. The van der Waals surface area contributed by atoms with Gasteiger partial charge in [0.15, 0.2) is 0 Å². The molecule has 1 aliphatic heterocycles. The zero-order chi connectivity index (χ0) is 20.1. The van der Waals surface area contributed by atoms with E-state index in [1.807, 2.05) is 6.92 Å². The largest absolute Gasteiger partial charge is 0.459 e. The summed E-state index contributed by atoms with van der Waals surface area (Å²) in [4.78, 5) is 37.2. The molecule has 1 aromatic rings. The lowest BCUT2D eigenvalue weighted by atomic mass is 9.94. The molecular formula is C19H25N3O5. The predicted octanol–water partition coefficient (Wildman–Crippen LogP) is 3.69. The van der Waals surface area contributed by atoms with Crippen LogP contribution < -0.4 is 5.32 Å². The molecule has 1 aromatic carbocycles. The molecule has 1 N–H and O–H groups in total. The van der Waals surface area contributed by atoms with Crippen molar-refractivity contribution in [1.82, 2.24) is 10.2 Å². The van der Waals surface area contributed by atoms with Crippen molar-refractivity contribution in [3.8, 4) is 0 Å². The van der Waals surface area contributed by atoms with Crippen LogP contribution in [0.5, 0.6) is 0 Å². The number of carbonyl (C=O) groups excluding carboxylic acids is 2. The van der Waals surface area contributed by atoms with E-state index in [1.165, 1.54) is 12.1 Å². The summed E-state index contributed by atoms with van der Waals surface area (Å²) >= 11 is 0. The molecule has 27 heavy (non-hydrogen) atoms. The van der Waals surface area contributed by atoms with Crippen molar-refractivity contribution in [1.29, 1.82) is 0 Å². The second kappa shape index (κ2) is 8.66. The Hall–Kier alpha value is -2.90. The molecule has 0 saturated carbocycles. The van der Waals surface area contributed by atoms with Gasteiger partial charge in [0.25, 0.3) is 5.69 Å². The van der Waals surface area contributed by atoms with Gasteiger partial charge in [-0.1, -0.05) is 13.3 Å². The summed E-state index contributed by atoms with van der Waals surface area (Å²) in [5.41, 5.74) is 1.41. The maximum atomic E-state index is 12.7. The lowest BCUT2D eigenvalue weighted by Crippen LogP contribution is -2.48. The zero-order valence-corrected chi connectivity index (χ0v) is 16.0. The fourth-order valence-electron chi connectivity index (χ4n) is 2.95. The number of nitrogens with zero attached hydrogens (tertiary/aromatic N) is 2. The Labute approximate surface area is 158 Å². The maximum Gasteiger partial charge on any atom is 0.338 e. The van der Waals surface area contributed by atoms with Gasteiger partial charge in [-0.15, -0.1) is 0 Å². The number of ether oxygens (including phenoxy) is 1. The van der Waals surface area contributed by atoms with Crippen molar-refractivity contribution in [2.45, 2.75) is 52.7 Å². The third kappa shape index (κ3) is 4.64. The Bertz CT molecular complexity index is 755. The minimum absolute atomic E-state index is 0.0579. The number of nitrogens with one attached hydrogen (secondary N) is 1. The van der Waals surface area contributed by atoms with Gasteiger partial charge in [-0.05, 0) is 44.9 Å². The average molecular weight is 375 g/mol. The van der Waals surface area contributed by atoms with Crippen molar-refractivity contribution >= 4 is 17.7 Å². The molecule has 2 amide bonds. The van der Waals surface area contributed by atoms with Crippen LogP contribution in [0.3, 0.4) is 0 Å². The highest BCUT2D eigenvalue weighted by molar-refractivity contribution is 5.95. The second-order valence-electron chi connectivity index (χ2n) is 6.69. The van der Waals surface area contributed by atoms with E-state index in [0.29, 0.717) is 23.4 Å². The van der Waals surface area contributed by atoms with E-state index in [9.17, 15) is 19.7 Å². The van der Waals surface area contributed by atoms with Crippen LogP contribution in [0.2, 0.25) is 0 Å². The highest BCUT2D eigenvalue weighted by atomic mass is 16.6. The number of esters is 1. The number of unbranched alkanes of at least 4 members (excludes halogenated alkanes) is 1. The normalized spacial score (nSPS) is 17.1. The average Bonchev–Trinajstić information content (AvgIpc) is 2.60. The summed E-state index contributed by atoms with van der Waals surface area (Å²) < 4.78 is 5.38. The SMILES string of the molecule is CCCCN1C(=O)N[C@H](c2ccc([N+](=O)[O-])cc2)C(C(=O)OC(C)C)=C1C. The van der Waals surface area contributed by atoms with Gasteiger partial charge in [-0.3, -0.25) is 15.0 Å². The number of urea groups is 1. The minimum Gasteiger partial charge on any atom is -0.459 e. The predicted molar refractivity (Wildman–Crippen MR) is 99.9 cm³/mol. The van der Waals surface area contributed by atoms with Crippen LogP contribution >= 0.6 is 0 Å². The molecule has 0 saturated heterocycles. The molecule has 0 aliphatic carbocycles. The first-order valence-electron chi connectivity index (χ1n) is 9.00. The number of non-ortho nitro benzene ring substituents is 1. The number of nitro benzene ring substituents is 1. The molecule has 146 valence electrons. The summed E-state index contributed by atoms with van der Waals surface area (Å²) in [6.45, 7) is 7.76. The van der Waals surface area contributed by atoms with Gasteiger partial charge in [0.1, 0.15) is 0 Å². The summed E-state index contributed by atoms with van der Waals surface area (Å²) in [6.07, 6.45) is 1.41. The number of allylic oxidation sites excluding steroid dienone is 1. The summed E-state index contributed by atoms with van der Waals surface area (Å²) in [7, 11) is 0. The Kier molecular flexibility index (Phi) is 6.55. The molecule has 0 bridgehead atoms. The van der Waals surface area contributed by atoms with E-state index >= 15 is 0 Å². The van der Waals surface area contributed by atoms with Gasteiger partial charge < -0.3 is 10.1 Å². The number of hydrogen-bond acceptors (Lipinski definition) is 5. The maximum absolute atomic E-state index is 12.7. The molecule has 0 unspecified atom stereocenters. The molecule has 0 radical (unpaired) electrons. The van der Waals surface area contributed by atoms with Gasteiger partial charge >= 0.3 is 12.0 Å². The summed E-state index contributed by atoms with van der Waals surface area (Å²) in [6, 6.07) is 4.77. The Morgan fingerprint density at radius 2 is 1.96 bits per heavy atom. The van der Waals surface area contributed by atoms with Crippen molar-refractivity contribution in [2.24, 2.45) is 0 Å². The van der Waals surface area contributed by atoms with Gasteiger partial charge in [0.2, 0.25) is 0 Å². The lowest BCUT2D eigenvalue weighted by molar-refractivity contribution is -0.384. The van der Waals surface area contributed by atoms with E-state index in [-0.39, 0.29) is 17.8 Å². The van der Waals surface area contributed by atoms with Crippen LogP contribution in [-0.4, -0.2) is 34.5 Å². The fourth-order valence-corrected chi connectivity index (χ4v) is 2.95. The quantitative estimate of drug-likeness (QED) is 0.445. The van der Waals surface area contributed by atoms with Crippen LogP contribution in [0.1, 0.15) is 52.1 Å². The fraction of sp³-hybridized carbons (Fsp3) is 0.474. The van der Waals surface area contributed by atoms with Crippen LogP contribution in [0.25, 0.3) is 0 Å². The van der Waals surface area contributed by atoms with E-state index in [4.69, 9.17) is 4.74 Å². The van der Waals surface area contributed by atoms with E-state index in [1.54, 1.807) is 37.8 Å². The Balaban J connectivity index is 2.47. The van der Waals surface area contributed by atoms with Crippen LogP contribution in [0.4, 0.5) is 10.5 Å². The van der Waals surface area contributed by atoms with E-state index in [0.717, 1.165) is 12.8 Å². The molecule has 0 fully saturated rings. The molecule has 1 heterocycles. The van der Waals surface area contributed by atoms with Crippen molar-refractivity contribution in [3.05, 3.63) is 51.2 Å². The van der Waals surface area contributed by atoms with E-state index < -0.39 is 16.9 Å².